The van der Waals surface area contributed by atoms with Gasteiger partial charge in [0.15, 0.2) is 0 Å². The van der Waals surface area contributed by atoms with Gasteiger partial charge in [-0.15, -0.1) is 0 Å². The van der Waals surface area contributed by atoms with Gasteiger partial charge in [-0.1, -0.05) is 6.58 Å². The fraction of sp³-hybridized carbons (Fsp3) is 0.727. The van der Waals surface area contributed by atoms with Crippen molar-refractivity contribution in [1.82, 2.24) is 15.1 Å². The molecular formula is C11H21N3O. The van der Waals surface area contributed by atoms with Crippen LogP contribution in [0.5, 0.6) is 0 Å². The molecule has 1 fully saturated rings. The van der Waals surface area contributed by atoms with E-state index in [9.17, 15) is 4.79 Å². The van der Waals surface area contributed by atoms with Gasteiger partial charge >= 0.3 is 6.03 Å². The molecule has 0 bridgehead atoms. The lowest BCUT2D eigenvalue weighted by Crippen LogP contribution is -2.47. The molecule has 0 spiro atoms. The number of carbonyl (C=O) groups is 1. The first kappa shape index (κ1) is 12.0. The van der Waals surface area contributed by atoms with Gasteiger partial charge in [0, 0.05) is 18.8 Å². The van der Waals surface area contributed by atoms with Gasteiger partial charge in [0.25, 0.3) is 0 Å². The summed E-state index contributed by atoms with van der Waals surface area (Å²) in [5.74, 6) is 0. The number of nitrogens with one attached hydrogen (secondary N) is 1. The summed E-state index contributed by atoms with van der Waals surface area (Å²) < 4.78 is 0. The summed E-state index contributed by atoms with van der Waals surface area (Å²) in [5, 5.41) is 3.02. The largest absolute Gasteiger partial charge is 0.335 e. The van der Waals surface area contributed by atoms with Crippen LogP contribution in [-0.2, 0) is 0 Å². The number of urea groups is 1. The molecular weight excluding hydrogens is 190 g/mol. The van der Waals surface area contributed by atoms with Crippen LogP contribution in [0.15, 0.2) is 12.3 Å². The number of nitrogens with zero attached hydrogens (tertiary/aromatic N) is 2. The molecule has 15 heavy (non-hydrogen) atoms. The van der Waals surface area contributed by atoms with E-state index < -0.39 is 0 Å². The topological polar surface area (TPSA) is 35.6 Å². The van der Waals surface area contributed by atoms with Crippen LogP contribution in [0.2, 0.25) is 0 Å². The minimum Gasteiger partial charge on any atom is -0.335 e. The van der Waals surface area contributed by atoms with Crippen LogP contribution >= 0.6 is 0 Å². The second-order valence-corrected chi connectivity index (χ2v) is 4.32. The Hall–Kier alpha value is -1.03. The molecule has 1 aliphatic rings. The smallest absolute Gasteiger partial charge is 0.321 e. The molecule has 1 heterocycles. The lowest BCUT2D eigenvalue weighted by Gasteiger charge is -2.30. The Bertz CT molecular complexity index is 244. The van der Waals surface area contributed by atoms with E-state index in [1.807, 2.05) is 6.92 Å². The molecule has 0 radical (unpaired) electrons. The molecule has 4 heteroatoms. The Morgan fingerprint density at radius 1 is 1.47 bits per heavy atom. The molecule has 1 saturated heterocycles. The highest BCUT2D eigenvalue weighted by Crippen LogP contribution is 2.09. The molecule has 0 aromatic carbocycles. The third kappa shape index (κ3) is 3.55. The van der Waals surface area contributed by atoms with Crippen molar-refractivity contribution in [3.8, 4) is 0 Å². The van der Waals surface area contributed by atoms with Crippen molar-refractivity contribution in [2.45, 2.75) is 25.8 Å². The Morgan fingerprint density at radius 3 is 2.47 bits per heavy atom. The van der Waals surface area contributed by atoms with E-state index >= 15 is 0 Å². The second kappa shape index (κ2) is 5.16. The summed E-state index contributed by atoms with van der Waals surface area (Å²) in [6, 6.07) is 0.271. The van der Waals surface area contributed by atoms with E-state index in [1.165, 1.54) is 0 Å². The molecule has 0 saturated carbocycles. The summed E-state index contributed by atoms with van der Waals surface area (Å²) >= 11 is 0. The highest BCUT2D eigenvalue weighted by Gasteiger charge is 2.19. The zero-order chi connectivity index (χ0) is 11.4. The number of hydrogen-bond donors (Lipinski definition) is 1. The van der Waals surface area contributed by atoms with Crippen molar-refractivity contribution in [2.24, 2.45) is 0 Å². The zero-order valence-electron chi connectivity index (χ0n) is 9.92. The standard InChI is InChI=1S/C11H21N3O/c1-9(2)14(4)11(15)12-10-5-7-13(3)8-6-10/h10H,1,5-8H2,2-4H3,(H,12,15). The van der Waals surface area contributed by atoms with E-state index in [0.29, 0.717) is 6.04 Å². The summed E-state index contributed by atoms with van der Waals surface area (Å²) in [6.07, 6.45) is 2.07. The first-order valence-corrected chi connectivity index (χ1v) is 5.39. The quantitative estimate of drug-likeness (QED) is 0.746. The summed E-state index contributed by atoms with van der Waals surface area (Å²) in [4.78, 5) is 15.5. The molecule has 2 amide bonds. The van der Waals surface area contributed by atoms with Crippen LogP contribution in [-0.4, -0.2) is 49.1 Å². The molecule has 1 rings (SSSR count). The summed E-state index contributed by atoms with van der Waals surface area (Å²) in [7, 11) is 3.85. The molecule has 4 nitrogen and oxygen atoms in total. The number of carbonyl (C=O) groups excluding carboxylic acids is 1. The maximum atomic E-state index is 11.7. The van der Waals surface area contributed by atoms with Gasteiger partial charge in [0.2, 0.25) is 0 Å². The Labute approximate surface area is 91.9 Å². The second-order valence-electron chi connectivity index (χ2n) is 4.32. The molecule has 86 valence electrons. The fourth-order valence-corrected chi connectivity index (χ4v) is 1.60. The van der Waals surface area contributed by atoms with Crippen LogP contribution in [0.25, 0.3) is 0 Å². The third-order valence-electron chi connectivity index (χ3n) is 2.92. The lowest BCUT2D eigenvalue weighted by atomic mass is 10.1. The Kier molecular flexibility index (Phi) is 4.15. The summed E-state index contributed by atoms with van der Waals surface area (Å²) in [6.45, 7) is 7.68. The van der Waals surface area contributed by atoms with Crippen molar-refractivity contribution in [3.05, 3.63) is 12.3 Å². The van der Waals surface area contributed by atoms with Gasteiger partial charge in [-0.05, 0) is 39.9 Å². The molecule has 0 aromatic heterocycles. The predicted octanol–water partition coefficient (Wildman–Crippen LogP) is 1.26. The summed E-state index contributed by atoms with van der Waals surface area (Å²) in [5.41, 5.74) is 0.764. The van der Waals surface area contributed by atoms with Gasteiger partial charge in [-0.25, -0.2) is 4.79 Å². The van der Waals surface area contributed by atoms with E-state index in [2.05, 4.69) is 23.8 Å². The van der Waals surface area contributed by atoms with Gasteiger partial charge in [0.05, 0.1) is 0 Å². The SMILES string of the molecule is C=C(C)N(C)C(=O)NC1CCN(C)CC1. The molecule has 0 aromatic rings. The van der Waals surface area contributed by atoms with Gasteiger partial charge in [0.1, 0.15) is 0 Å². The van der Waals surface area contributed by atoms with Crippen LogP contribution in [0.4, 0.5) is 4.79 Å². The number of likely N-dealkylation sites (tertiary alicyclic amines) is 1. The van der Waals surface area contributed by atoms with E-state index in [0.717, 1.165) is 31.6 Å². The minimum atomic E-state index is -0.0444. The van der Waals surface area contributed by atoms with Crippen molar-refractivity contribution in [3.63, 3.8) is 0 Å². The number of allylic oxidation sites excluding steroid dienone is 1. The van der Waals surface area contributed by atoms with Crippen LogP contribution in [0.1, 0.15) is 19.8 Å². The van der Waals surface area contributed by atoms with E-state index in [1.54, 1.807) is 11.9 Å². The highest BCUT2D eigenvalue weighted by molar-refractivity contribution is 5.75. The number of piperidine rings is 1. The van der Waals surface area contributed by atoms with Crippen molar-refractivity contribution in [2.75, 3.05) is 27.2 Å². The van der Waals surface area contributed by atoms with E-state index in [4.69, 9.17) is 0 Å². The van der Waals surface area contributed by atoms with Gasteiger partial charge in [-0.3, -0.25) is 0 Å². The average Bonchev–Trinajstić information content (AvgIpc) is 2.20. The van der Waals surface area contributed by atoms with Crippen LogP contribution in [0, 0.1) is 0 Å². The lowest BCUT2D eigenvalue weighted by molar-refractivity contribution is 0.198. The first-order chi connectivity index (χ1) is 7.00. The molecule has 0 atom stereocenters. The third-order valence-corrected chi connectivity index (χ3v) is 2.92. The van der Waals surface area contributed by atoms with Crippen LogP contribution < -0.4 is 5.32 Å². The van der Waals surface area contributed by atoms with E-state index in [-0.39, 0.29) is 6.03 Å². The van der Waals surface area contributed by atoms with Gasteiger partial charge in [-0.2, -0.15) is 0 Å². The number of hydrogen-bond acceptors (Lipinski definition) is 2. The van der Waals surface area contributed by atoms with Crippen LogP contribution in [0.3, 0.4) is 0 Å². The Morgan fingerprint density at radius 2 is 2.00 bits per heavy atom. The molecule has 1 aliphatic heterocycles. The Balaban J connectivity index is 2.35. The minimum absolute atomic E-state index is 0.0444. The predicted molar refractivity (Wildman–Crippen MR) is 61.6 cm³/mol. The highest BCUT2D eigenvalue weighted by atomic mass is 16.2. The maximum Gasteiger partial charge on any atom is 0.321 e. The molecule has 1 N–H and O–H groups in total. The first-order valence-electron chi connectivity index (χ1n) is 5.39. The van der Waals surface area contributed by atoms with Crippen molar-refractivity contribution in [1.29, 1.82) is 0 Å². The monoisotopic (exact) mass is 211 g/mol. The molecule has 0 aliphatic carbocycles. The average molecular weight is 211 g/mol. The fourth-order valence-electron chi connectivity index (χ4n) is 1.60. The normalized spacial score (nSPS) is 18.6. The van der Waals surface area contributed by atoms with Gasteiger partial charge < -0.3 is 15.1 Å². The molecule has 0 unspecified atom stereocenters. The maximum absolute atomic E-state index is 11.7. The zero-order valence-corrected chi connectivity index (χ0v) is 9.92. The van der Waals surface area contributed by atoms with Crippen molar-refractivity contribution < 1.29 is 4.79 Å². The number of rotatable bonds is 2. The van der Waals surface area contributed by atoms with Crippen molar-refractivity contribution >= 4 is 6.03 Å². The number of amides is 2.